The summed E-state index contributed by atoms with van der Waals surface area (Å²) < 4.78 is 0. The van der Waals surface area contributed by atoms with Crippen LogP contribution in [0, 0.1) is 5.41 Å². The standard InChI is InChI=1S/C9H16N2O/c1-7-6-9(8(12)11-7)2-4-10-5-3-9/h7,10H,2-6H2,1H3,(H,11,12). The van der Waals surface area contributed by atoms with E-state index in [2.05, 4.69) is 17.6 Å². The minimum Gasteiger partial charge on any atom is -0.353 e. The Morgan fingerprint density at radius 3 is 2.58 bits per heavy atom. The van der Waals surface area contributed by atoms with Gasteiger partial charge in [-0.25, -0.2) is 0 Å². The number of carbonyl (C=O) groups excluding carboxylic acids is 1. The van der Waals surface area contributed by atoms with Crippen LogP contribution in [0.25, 0.3) is 0 Å². The number of rotatable bonds is 0. The van der Waals surface area contributed by atoms with Crippen LogP contribution in [-0.2, 0) is 4.79 Å². The van der Waals surface area contributed by atoms with Gasteiger partial charge in [-0.15, -0.1) is 0 Å². The van der Waals surface area contributed by atoms with E-state index in [0.717, 1.165) is 32.4 Å². The van der Waals surface area contributed by atoms with Gasteiger partial charge in [0.05, 0.1) is 5.41 Å². The van der Waals surface area contributed by atoms with Crippen LogP contribution in [0.4, 0.5) is 0 Å². The first-order valence-corrected chi connectivity index (χ1v) is 4.75. The van der Waals surface area contributed by atoms with Gasteiger partial charge >= 0.3 is 0 Å². The van der Waals surface area contributed by atoms with Crippen molar-refractivity contribution in [1.29, 1.82) is 0 Å². The second-order valence-corrected chi connectivity index (χ2v) is 4.11. The highest BCUT2D eigenvalue weighted by Crippen LogP contribution is 2.38. The molecule has 1 amide bonds. The van der Waals surface area contributed by atoms with Gasteiger partial charge in [0.25, 0.3) is 0 Å². The van der Waals surface area contributed by atoms with E-state index >= 15 is 0 Å². The number of hydrogen-bond acceptors (Lipinski definition) is 2. The molecule has 68 valence electrons. The van der Waals surface area contributed by atoms with Crippen molar-refractivity contribution in [3.63, 3.8) is 0 Å². The molecule has 0 saturated carbocycles. The average Bonchev–Trinajstić information content (AvgIpc) is 2.29. The minimum atomic E-state index is -0.00926. The van der Waals surface area contributed by atoms with Crippen molar-refractivity contribution in [2.75, 3.05) is 13.1 Å². The van der Waals surface area contributed by atoms with E-state index in [4.69, 9.17) is 0 Å². The van der Waals surface area contributed by atoms with Gasteiger partial charge in [0.1, 0.15) is 0 Å². The summed E-state index contributed by atoms with van der Waals surface area (Å²) in [5.74, 6) is 0.288. The summed E-state index contributed by atoms with van der Waals surface area (Å²) in [6.07, 6.45) is 3.07. The van der Waals surface area contributed by atoms with Crippen LogP contribution in [0.2, 0.25) is 0 Å². The topological polar surface area (TPSA) is 41.1 Å². The summed E-state index contributed by atoms with van der Waals surface area (Å²) in [5.41, 5.74) is -0.00926. The molecule has 2 fully saturated rings. The van der Waals surface area contributed by atoms with Crippen LogP contribution < -0.4 is 10.6 Å². The van der Waals surface area contributed by atoms with Crippen LogP contribution >= 0.6 is 0 Å². The molecule has 2 rings (SSSR count). The average molecular weight is 168 g/mol. The van der Waals surface area contributed by atoms with E-state index in [0.29, 0.717) is 6.04 Å². The van der Waals surface area contributed by atoms with Crippen LogP contribution in [0.5, 0.6) is 0 Å². The molecule has 2 N–H and O–H groups in total. The zero-order valence-corrected chi connectivity index (χ0v) is 7.52. The zero-order valence-electron chi connectivity index (χ0n) is 7.52. The molecule has 0 radical (unpaired) electrons. The second-order valence-electron chi connectivity index (χ2n) is 4.11. The summed E-state index contributed by atoms with van der Waals surface area (Å²) in [5, 5.41) is 6.30. The molecule has 0 aliphatic carbocycles. The van der Waals surface area contributed by atoms with Gasteiger partial charge in [-0.3, -0.25) is 4.79 Å². The SMILES string of the molecule is CC1CC2(CCNCC2)C(=O)N1. The number of amides is 1. The second kappa shape index (κ2) is 2.73. The molecule has 1 spiro atoms. The van der Waals surface area contributed by atoms with E-state index in [1.165, 1.54) is 0 Å². The summed E-state index contributed by atoms with van der Waals surface area (Å²) >= 11 is 0. The Labute approximate surface area is 72.9 Å². The largest absolute Gasteiger partial charge is 0.353 e. The first-order valence-electron chi connectivity index (χ1n) is 4.75. The third kappa shape index (κ3) is 1.12. The van der Waals surface area contributed by atoms with Crippen molar-refractivity contribution in [2.24, 2.45) is 5.41 Å². The van der Waals surface area contributed by atoms with Crippen molar-refractivity contribution in [2.45, 2.75) is 32.2 Å². The molecule has 2 aliphatic rings. The molecule has 2 heterocycles. The lowest BCUT2D eigenvalue weighted by Crippen LogP contribution is -2.41. The highest BCUT2D eigenvalue weighted by Gasteiger charge is 2.45. The Morgan fingerprint density at radius 1 is 1.42 bits per heavy atom. The Balaban J connectivity index is 2.13. The van der Waals surface area contributed by atoms with E-state index in [9.17, 15) is 4.79 Å². The molecule has 2 saturated heterocycles. The molecule has 2 aliphatic heterocycles. The number of piperidine rings is 1. The first kappa shape index (κ1) is 8.05. The fourth-order valence-electron chi connectivity index (χ4n) is 2.44. The molecule has 1 atom stereocenters. The van der Waals surface area contributed by atoms with Gasteiger partial charge in [-0.1, -0.05) is 0 Å². The smallest absolute Gasteiger partial charge is 0.226 e. The van der Waals surface area contributed by atoms with Crippen molar-refractivity contribution >= 4 is 5.91 Å². The molecule has 0 aromatic heterocycles. The Morgan fingerprint density at radius 2 is 2.08 bits per heavy atom. The van der Waals surface area contributed by atoms with Crippen LogP contribution in [-0.4, -0.2) is 25.0 Å². The van der Waals surface area contributed by atoms with Crippen LogP contribution in [0.3, 0.4) is 0 Å². The molecule has 0 bridgehead atoms. The number of hydrogen-bond donors (Lipinski definition) is 2. The summed E-state index contributed by atoms with van der Waals surface area (Å²) in [7, 11) is 0. The van der Waals surface area contributed by atoms with Crippen molar-refractivity contribution in [3.05, 3.63) is 0 Å². The van der Waals surface area contributed by atoms with Gasteiger partial charge in [-0.05, 0) is 39.3 Å². The van der Waals surface area contributed by atoms with Gasteiger partial charge < -0.3 is 10.6 Å². The molecule has 3 heteroatoms. The van der Waals surface area contributed by atoms with Crippen molar-refractivity contribution in [3.8, 4) is 0 Å². The molecular formula is C9H16N2O. The maximum atomic E-state index is 11.6. The number of nitrogens with one attached hydrogen (secondary N) is 2. The Kier molecular flexibility index (Phi) is 1.83. The number of carbonyl (C=O) groups is 1. The highest BCUT2D eigenvalue weighted by molar-refractivity contribution is 5.85. The zero-order chi connectivity index (χ0) is 8.60. The molecule has 0 aromatic carbocycles. The van der Waals surface area contributed by atoms with E-state index in [1.54, 1.807) is 0 Å². The van der Waals surface area contributed by atoms with Gasteiger partial charge in [0, 0.05) is 6.04 Å². The van der Waals surface area contributed by atoms with E-state index < -0.39 is 0 Å². The quantitative estimate of drug-likeness (QED) is 0.545. The normalized spacial score (nSPS) is 33.8. The fourth-order valence-corrected chi connectivity index (χ4v) is 2.44. The molecule has 0 aromatic rings. The fraction of sp³-hybridized carbons (Fsp3) is 0.889. The predicted molar refractivity (Wildman–Crippen MR) is 46.8 cm³/mol. The monoisotopic (exact) mass is 168 g/mol. The van der Waals surface area contributed by atoms with Crippen LogP contribution in [0.1, 0.15) is 26.2 Å². The minimum absolute atomic E-state index is 0.00926. The summed E-state index contributed by atoms with van der Waals surface area (Å²) in [6, 6.07) is 0.385. The molecular weight excluding hydrogens is 152 g/mol. The van der Waals surface area contributed by atoms with Gasteiger partial charge in [0.2, 0.25) is 5.91 Å². The lowest BCUT2D eigenvalue weighted by Gasteiger charge is -2.30. The maximum Gasteiger partial charge on any atom is 0.226 e. The predicted octanol–water partition coefficient (Wildman–Crippen LogP) is 0.265. The third-order valence-corrected chi connectivity index (χ3v) is 3.12. The van der Waals surface area contributed by atoms with Gasteiger partial charge in [0.15, 0.2) is 0 Å². The molecule has 1 unspecified atom stereocenters. The van der Waals surface area contributed by atoms with E-state index in [-0.39, 0.29) is 11.3 Å². The first-order chi connectivity index (χ1) is 5.73. The molecule has 3 nitrogen and oxygen atoms in total. The van der Waals surface area contributed by atoms with Crippen molar-refractivity contribution < 1.29 is 4.79 Å². The Bertz CT molecular complexity index is 197. The highest BCUT2D eigenvalue weighted by atomic mass is 16.2. The summed E-state index contributed by atoms with van der Waals surface area (Å²) in [6.45, 7) is 4.09. The van der Waals surface area contributed by atoms with Gasteiger partial charge in [-0.2, -0.15) is 0 Å². The van der Waals surface area contributed by atoms with E-state index in [1.807, 2.05) is 0 Å². The lowest BCUT2D eigenvalue weighted by atomic mass is 9.77. The Hall–Kier alpha value is -0.570. The molecule has 12 heavy (non-hydrogen) atoms. The summed E-state index contributed by atoms with van der Waals surface area (Å²) in [4.78, 5) is 11.6. The van der Waals surface area contributed by atoms with Crippen LogP contribution in [0.15, 0.2) is 0 Å². The maximum absolute atomic E-state index is 11.6. The lowest BCUT2D eigenvalue weighted by molar-refractivity contribution is -0.128. The third-order valence-electron chi connectivity index (χ3n) is 3.12. The van der Waals surface area contributed by atoms with Crippen molar-refractivity contribution in [1.82, 2.24) is 10.6 Å².